The van der Waals surface area contributed by atoms with E-state index in [1.165, 1.54) is 23.6 Å². The molecular formula is C26H42N5O15P. The molecular weight excluding hydrogens is 653 g/mol. The van der Waals surface area contributed by atoms with Crippen molar-refractivity contribution in [3.8, 4) is 0 Å². The number of nitrogens with one attached hydrogen (secondary N) is 1. The van der Waals surface area contributed by atoms with Crippen molar-refractivity contribution in [1.82, 2.24) is 19.4 Å². The summed E-state index contributed by atoms with van der Waals surface area (Å²) in [5.74, 6) is -4.65. The van der Waals surface area contributed by atoms with Gasteiger partial charge in [0.25, 0.3) is 5.56 Å². The van der Waals surface area contributed by atoms with Crippen LogP contribution in [0.25, 0.3) is 0 Å². The van der Waals surface area contributed by atoms with Crippen LogP contribution in [-0.2, 0) is 37.7 Å². The fraction of sp³-hybridized carbons (Fsp3) is 0.692. The number of aliphatic carboxylic acids is 4. The Bertz CT molecular complexity index is 1390. The molecule has 1 saturated heterocycles. The van der Waals surface area contributed by atoms with Crippen molar-refractivity contribution in [2.24, 2.45) is 5.50 Å². The summed E-state index contributed by atoms with van der Waals surface area (Å²) >= 11 is 0. The lowest BCUT2D eigenvalue weighted by Crippen LogP contribution is -2.53. The second-order valence-corrected chi connectivity index (χ2v) is 12.4. The van der Waals surface area contributed by atoms with Crippen LogP contribution in [0, 0.1) is 6.92 Å². The summed E-state index contributed by atoms with van der Waals surface area (Å²) in [4.78, 5) is 85.2. The van der Waals surface area contributed by atoms with Crippen LogP contribution in [0.15, 0.2) is 15.8 Å². The number of hydrogen-bond acceptors (Lipinski definition) is 12. The first-order chi connectivity index (χ1) is 21.8. The van der Waals surface area contributed by atoms with E-state index in [-0.39, 0.29) is 63.8 Å². The molecule has 0 saturated carbocycles. The number of aromatic amines is 1. The van der Waals surface area contributed by atoms with Gasteiger partial charge in [0.1, 0.15) is 18.4 Å². The number of carboxylic acid groups (broad SMARTS) is 4. The van der Waals surface area contributed by atoms with Gasteiger partial charge < -0.3 is 34.8 Å². The molecule has 1 aliphatic rings. The zero-order chi connectivity index (χ0) is 35.6. The van der Waals surface area contributed by atoms with Gasteiger partial charge in [-0.3, -0.25) is 47.8 Å². The van der Waals surface area contributed by atoms with E-state index in [0.29, 0.717) is 0 Å². The molecule has 20 nitrogen and oxygen atoms in total. The lowest BCUT2D eigenvalue weighted by atomic mass is 10.0. The molecule has 266 valence electrons. The van der Waals surface area contributed by atoms with Crippen molar-refractivity contribution in [3.05, 3.63) is 32.6 Å². The van der Waals surface area contributed by atoms with Gasteiger partial charge in [-0.15, -0.1) is 0 Å². The molecule has 1 fully saturated rings. The Morgan fingerprint density at radius 2 is 1.45 bits per heavy atom. The molecule has 0 amide bonds. The summed E-state index contributed by atoms with van der Waals surface area (Å²) in [6.07, 6.45) is -6.72. The molecule has 7 atom stereocenters. The van der Waals surface area contributed by atoms with Crippen LogP contribution < -0.4 is 16.8 Å². The van der Waals surface area contributed by atoms with Crippen molar-refractivity contribution in [2.45, 2.75) is 89.7 Å². The Morgan fingerprint density at radius 1 is 0.979 bits per heavy atom. The van der Waals surface area contributed by atoms with Gasteiger partial charge in [0.15, 0.2) is 6.23 Å². The minimum absolute atomic E-state index is 0.0890. The zero-order valence-corrected chi connectivity index (χ0v) is 27.0. The molecule has 21 heteroatoms. The summed E-state index contributed by atoms with van der Waals surface area (Å²) in [5.41, 5.74) is 3.74. The van der Waals surface area contributed by atoms with Crippen LogP contribution in [0.2, 0.25) is 0 Å². The molecule has 0 aromatic carbocycles. The first-order valence-electron chi connectivity index (χ1n) is 14.6. The summed E-state index contributed by atoms with van der Waals surface area (Å²) in [7, 11) is -4.70. The highest BCUT2D eigenvalue weighted by Gasteiger charge is 2.47. The number of hydrogen-bond donors (Lipinski definition) is 7. The van der Waals surface area contributed by atoms with Gasteiger partial charge in [0.2, 0.25) is 0 Å². The lowest BCUT2D eigenvalue weighted by molar-refractivity contribution is -0.171. The average molecular weight is 696 g/mol. The van der Waals surface area contributed by atoms with Gasteiger partial charge in [-0.1, -0.05) is 0 Å². The van der Waals surface area contributed by atoms with Crippen LogP contribution in [-0.4, -0.2) is 125 Å². The van der Waals surface area contributed by atoms with Crippen molar-refractivity contribution >= 4 is 31.6 Å². The minimum Gasteiger partial charge on any atom is -0.481 e. The number of carbonyl (C=O) groups is 4. The fourth-order valence-corrected chi connectivity index (χ4v) is 5.75. The summed E-state index contributed by atoms with van der Waals surface area (Å²) in [5, 5.41) is 37.1. The monoisotopic (exact) mass is 695 g/mol. The Labute approximate surface area is 268 Å². The van der Waals surface area contributed by atoms with Crippen molar-refractivity contribution in [3.63, 3.8) is 0 Å². The fourth-order valence-electron chi connectivity index (χ4n) is 5.17. The van der Waals surface area contributed by atoms with E-state index in [1.807, 2.05) is 0 Å². The number of aryl methyl sites for hydroxylation is 1. The van der Waals surface area contributed by atoms with Gasteiger partial charge in [0.05, 0.1) is 31.8 Å². The molecule has 1 aromatic rings. The number of carboxylic acids is 4. The minimum atomic E-state index is -4.70. The Hall–Kier alpha value is -3.49. The van der Waals surface area contributed by atoms with Gasteiger partial charge in [-0.05, 0) is 20.8 Å². The molecule has 47 heavy (non-hydrogen) atoms. The lowest BCUT2D eigenvalue weighted by Gasteiger charge is -2.40. The number of rotatable bonds is 21. The summed E-state index contributed by atoms with van der Waals surface area (Å²) in [6.45, 7) is 3.98. The van der Waals surface area contributed by atoms with Crippen LogP contribution in [0.4, 0.5) is 0 Å². The molecule has 5 unspecified atom stereocenters. The molecule has 2 rings (SSSR count). The molecule has 2 heterocycles. The van der Waals surface area contributed by atoms with Gasteiger partial charge in [-0.25, -0.2) is 14.9 Å². The third-order valence-corrected chi connectivity index (χ3v) is 8.11. The van der Waals surface area contributed by atoms with Crippen LogP contribution >= 0.6 is 7.75 Å². The second-order valence-electron chi connectivity index (χ2n) is 11.1. The third-order valence-electron chi connectivity index (χ3n) is 7.54. The quantitative estimate of drug-likeness (QED) is 0.0611. The predicted molar refractivity (Wildman–Crippen MR) is 159 cm³/mol. The van der Waals surface area contributed by atoms with E-state index in [1.54, 1.807) is 6.92 Å². The molecule has 1 aromatic heterocycles. The maximum absolute atomic E-state index is 12.8. The maximum Gasteiger partial charge on any atom is 0.400 e. The second kappa shape index (κ2) is 17.6. The van der Waals surface area contributed by atoms with E-state index >= 15 is 0 Å². The molecule has 8 N–H and O–H groups in total. The van der Waals surface area contributed by atoms with Crippen molar-refractivity contribution in [2.75, 3.05) is 26.2 Å². The van der Waals surface area contributed by atoms with E-state index in [0.717, 1.165) is 10.8 Å². The number of H-pyrrole nitrogens is 1. The Balaban J connectivity index is 2.60. The largest absolute Gasteiger partial charge is 0.481 e. The van der Waals surface area contributed by atoms with Crippen LogP contribution in [0.1, 0.15) is 57.7 Å². The zero-order valence-electron chi connectivity index (χ0n) is 26.1. The molecule has 0 aliphatic carbocycles. The maximum atomic E-state index is 12.8. The van der Waals surface area contributed by atoms with E-state index in [4.69, 9.17) is 19.5 Å². The van der Waals surface area contributed by atoms with E-state index < -0.39 is 79.7 Å². The average Bonchev–Trinajstić information content (AvgIpc) is 3.33. The summed E-state index contributed by atoms with van der Waals surface area (Å²) in [6, 6.07) is -0.853. The van der Waals surface area contributed by atoms with E-state index in [2.05, 4.69) is 4.98 Å². The molecule has 0 bridgehead atoms. The number of nitrogens with zero attached hydrogens (tertiary/aromatic N) is 3. The molecule has 1 aliphatic heterocycles. The smallest absolute Gasteiger partial charge is 0.400 e. The predicted octanol–water partition coefficient (Wildman–Crippen LogP) is -0.801. The van der Waals surface area contributed by atoms with Gasteiger partial charge in [-0.2, -0.15) is 0 Å². The first-order valence-corrected chi connectivity index (χ1v) is 16.2. The number of aromatic nitrogens is 2. The van der Waals surface area contributed by atoms with E-state index in [9.17, 15) is 58.7 Å². The van der Waals surface area contributed by atoms with Crippen LogP contribution in [0.5, 0.6) is 0 Å². The third kappa shape index (κ3) is 12.9. The van der Waals surface area contributed by atoms with Crippen molar-refractivity contribution in [1.29, 1.82) is 0 Å². The van der Waals surface area contributed by atoms with Crippen molar-refractivity contribution < 1.29 is 63.1 Å². The highest BCUT2D eigenvalue weighted by Crippen LogP contribution is 2.43. The van der Waals surface area contributed by atoms with Gasteiger partial charge in [0, 0.05) is 50.4 Å². The standard InChI is InChI=1S/C26H42N5O15P/c1-14-13-31(26(41)28-24(14)40)25-18(46-47(27,42)43)12-17(45-25)23(15(2)29(8-4-19(32)33)9-5-20(34)35)44-16(3)30(10-6-21(36)37)11-7-22(38)39/h13,15-18,23,25H,4-12H2,1-3H3,(H,32,33)(H,34,35)(H,36,37)(H,38,39)(H3,27,42,43)(H,28,40,41)/t15?,16?,17-,18?,23?,25+/m0/s1. The van der Waals surface area contributed by atoms with Crippen LogP contribution in [0.3, 0.4) is 0 Å². The molecule has 0 spiro atoms. The van der Waals surface area contributed by atoms with Gasteiger partial charge >= 0.3 is 37.3 Å². The molecule has 0 radical (unpaired) electrons. The Kier molecular flexibility index (Phi) is 14.9. The summed E-state index contributed by atoms with van der Waals surface area (Å²) < 4.78 is 30.8. The number of ether oxygens (including phenoxy) is 2. The highest BCUT2D eigenvalue weighted by atomic mass is 31.2. The topological polar surface area (TPSA) is 302 Å². The first kappa shape index (κ1) is 39.7. The Morgan fingerprint density at radius 3 is 1.89 bits per heavy atom. The highest BCUT2D eigenvalue weighted by molar-refractivity contribution is 7.50. The SMILES string of the molecule is Cc1cn([C@@H]2O[C@H](C(OC(C)N(CCC(=O)O)CCC(=O)O)C(C)N(CCC(=O)O)CCC(=O)O)CC2OP(N)(=O)O)c(=O)[nH]c1=O. The number of nitrogens with two attached hydrogens (primary N) is 1. The normalized spacial score (nSPS) is 21.3.